The van der Waals surface area contributed by atoms with Crippen LogP contribution in [0.4, 0.5) is 5.69 Å². The van der Waals surface area contributed by atoms with Crippen LogP contribution in [0, 0.1) is 5.92 Å². The Bertz CT molecular complexity index is 863. The van der Waals surface area contributed by atoms with Crippen LogP contribution in [-0.4, -0.2) is 55.6 Å². The Morgan fingerprint density at radius 2 is 1.67 bits per heavy atom. The van der Waals surface area contributed by atoms with E-state index in [2.05, 4.69) is 15.5 Å². The predicted molar refractivity (Wildman–Crippen MR) is 129 cm³/mol. The summed E-state index contributed by atoms with van der Waals surface area (Å²) in [5.74, 6) is 1.56. The zero-order valence-electron chi connectivity index (χ0n) is 19.6. The van der Waals surface area contributed by atoms with Gasteiger partial charge < -0.3 is 20.1 Å². The summed E-state index contributed by atoms with van der Waals surface area (Å²) in [5, 5.41) is 5.94. The van der Waals surface area contributed by atoms with Crippen LogP contribution in [0.15, 0.2) is 54.6 Å². The molecule has 0 atom stereocenters. The van der Waals surface area contributed by atoms with Crippen LogP contribution in [0.2, 0.25) is 0 Å². The molecule has 0 radical (unpaired) electrons. The minimum Gasteiger partial charge on any atom is -0.457 e. The maximum Gasteiger partial charge on any atom is 0.238 e. The molecule has 0 aliphatic carbocycles. The van der Waals surface area contributed by atoms with Gasteiger partial charge in [0.05, 0.1) is 12.6 Å². The highest BCUT2D eigenvalue weighted by Crippen LogP contribution is 2.23. The van der Waals surface area contributed by atoms with Gasteiger partial charge in [-0.25, -0.2) is 0 Å². The van der Waals surface area contributed by atoms with Gasteiger partial charge in [0, 0.05) is 24.8 Å². The third-order valence-corrected chi connectivity index (χ3v) is 5.51. The highest BCUT2D eigenvalue weighted by atomic mass is 16.5. The lowest BCUT2D eigenvalue weighted by Crippen LogP contribution is -2.43. The number of piperidine rings is 1. The highest BCUT2D eigenvalue weighted by molar-refractivity contribution is 5.92. The number of benzene rings is 2. The van der Waals surface area contributed by atoms with Crippen molar-refractivity contribution in [2.24, 2.45) is 5.92 Å². The van der Waals surface area contributed by atoms with Crippen LogP contribution < -0.4 is 15.4 Å². The van der Waals surface area contributed by atoms with Crippen molar-refractivity contribution in [2.75, 3.05) is 38.1 Å². The lowest BCUT2D eigenvalue weighted by atomic mass is 9.96. The zero-order valence-corrected chi connectivity index (χ0v) is 19.6. The number of amides is 2. The molecule has 178 valence electrons. The van der Waals surface area contributed by atoms with Crippen molar-refractivity contribution in [3.8, 4) is 11.5 Å². The summed E-state index contributed by atoms with van der Waals surface area (Å²) in [7, 11) is 0. The fourth-order valence-electron chi connectivity index (χ4n) is 3.73. The molecule has 1 saturated heterocycles. The maximum absolute atomic E-state index is 12.4. The van der Waals surface area contributed by atoms with E-state index in [1.54, 1.807) is 0 Å². The molecule has 2 aromatic carbocycles. The lowest BCUT2D eigenvalue weighted by Gasteiger charge is -2.30. The Balaban J connectivity index is 1.33. The van der Waals surface area contributed by atoms with Crippen LogP contribution in [0.25, 0.3) is 0 Å². The van der Waals surface area contributed by atoms with Gasteiger partial charge in [0.1, 0.15) is 11.5 Å². The Morgan fingerprint density at radius 1 is 1.00 bits per heavy atom. The van der Waals surface area contributed by atoms with Crippen LogP contribution in [0.1, 0.15) is 33.1 Å². The molecule has 33 heavy (non-hydrogen) atoms. The standard InChI is InChI=1S/C26H35N3O4/c1-20(2)32-18-6-15-27-26(31)21-13-16-29(17-14-21)19-25(30)28-22-9-11-24(12-10-22)33-23-7-4-3-5-8-23/h3-5,7-12,20-21H,6,13-19H2,1-2H3,(H,27,31)(H,28,30). The molecule has 1 aliphatic heterocycles. The van der Waals surface area contributed by atoms with Gasteiger partial charge in [-0.3, -0.25) is 14.5 Å². The van der Waals surface area contributed by atoms with Gasteiger partial charge in [0.25, 0.3) is 0 Å². The van der Waals surface area contributed by atoms with Crippen molar-refractivity contribution in [3.63, 3.8) is 0 Å². The molecule has 0 bridgehead atoms. The van der Waals surface area contributed by atoms with Gasteiger partial charge >= 0.3 is 0 Å². The topological polar surface area (TPSA) is 79.9 Å². The maximum atomic E-state index is 12.4. The molecular weight excluding hydrogens is 418 g/mol. The number of hydrogen-bond donors (Lipinski definition) is 2. The smallest absolute Gasteiger partial charge is 0.238 e. The van der Waals surface area contributed by atoms with Crippen molar-refractivity contribution >= 4 is 17.5 Å². The van der Waals surface area contributed by atoms with E-state index in [1.807, 2.05) is 68.4 Å². The molecule has 7 nitrogen and oxygen atoms in total. The summed E-state index contributed by atoms with van der Waals surface area (Å²) in [6.07, 6.45) is 2.58. The Hall–Kier alpha value is -2.90. The summed E-state index contributed by atoms with van der Waals surface area (Å²) < 4.78 is 11.3. The fourth-order valence-corrected chi connectivity index (χ4v) is 3.73. The van der Waals surface area contributed by atoms with Crippen LogP contribution in [-0.2, 0) is 14.3 Å². The number of carbonyl (C=O) groups is 2. The van der Waals surface area contributed by atoms with E-state index < -0.39 is 0 Å². The number of hydrogen-bond acceptors (Lipinski definition) is 5. The summed E-state index contributed by atoms with van der Waals surface area (Å²) >= 11 is 0. The first-order valence-corrected chi connectivity index (χ1v) is 11.7. The number of likely N-dealkylation sites (tertiary alicyclic amines) is 1. The van der Waals surface area contributed by atoms with Crippen LogP contribution in [0.3, 0.4) is 0 Å². The zero-order chi connectivity index (χ0) is 23.5. The Morgan fingerprint density at radius 3 is 2.33 bits per heavy atom. The molecule has 2 amide bonds. The number of carbonyl (C=O) groups excluding carboxylic acids is 2. The van der Waals surface area contributed by atoms with Gasteiger partial charge in [-0.1, -0.05) is 18.2 Å². The van der Waals surface area contributed by atoms with Crippen molar-refractivity contribution in [2.45, 2.75) is 39.2 Å². The van der Waals surface area contributed by atoms with E-state index in [1.165, 1.54) is 0 Å². The molecule has 1 aliphatic rings. The molecule has 2 aromatic rings. The number of anilines is 1. The molecule has 0 aromatic heterocycles. The third-order valence-electron chi connectivity index (χ3n) is 5.51. The Labute approximate surface area is 196 Å². The quantitative estimate of drug-likeness (QED) is 0.502. The van der Waals surface area contributed by atoms with Gasteiger partial charge in [-0.15, -0.1) is 0 Å². The summed E-state index contributed by atoms with van der Waals surface area (Å²) in [4.78, 5) is 26.9. The molecule has 1 heterocycles. The molecule has 0 unspecified atom stereocenters. The summed E-state index contributed by atoms with van der Waals surface area (Å²) in [5.41, 5.74) is 0.733. The van der Waals surface area contributed by atoms with E-state index in [0.29, 0.717) is 25.4 Å². The normalized spacial score (nSPS) is 14.8. The molecule has 1 fully saturated rings. The summed E-state index contributed by atoms with van der Waals surface area (Å²) in [6.45, 7) is 7.12. The van der Waals surface area contributed by atoms with Crippen molar-refractivity contribution in [1.82, 2.24) is 10.2 Å². The molecular formula is C26H35N3O4. The van der Waals surface area contributed by atoms with E-state index >= 15 is 0 Å². The van der Waals surface area contributed by atoms with Gasteiger partial charge in [0.15, 0.2) is 0 Å². The number of nitrogens with zero attached hydrogens (tertiary/aromatic N) is 1. The second-order valence-corrected chi connectivity index (χ2v) is 8.60. The fraction of sp³-hybridized carbons (Fsp3) is 0.462. The molecule has 7 heteroatoms. The molecule has 3 rings (SSSR count). The van der Waals surface area contributed by atoms with Crippen molar-refractivity contribution < 1.29 is 19.1 Å². The first kappa shape index (κ1) is 24.7. The van der Waals surface area contributed by atoms with Crippen molar-refractivity contribution in [3.05, 3.63) is 54.6 Å². The first-order chi connectivity index (χ1) is 16.0. The average molecular weight is 454 g/mol. The van der Waals surface area contributed by atoms with E-state index in [0.717, 1.165) is 43.8 Å². The SMILES string of the molecule is CC(C)OCCCNC(=O)C1CCN(CC(=O)Nc2ccc(Oc3ccccc3)cc2)CC1. The average Bonchev–Trinajstić information content (AvgIpc) is 2.81. The summed E-state index contributed by atoms with van der Waals surface area (Å²) in [6, 6.07) is 16.9. The number of nitrogens with one attached hydrogen (secondary N) is 2. The van der Waals surface area contributed by atoms with E-state index in [-0.39, 0.29) is 23.8 Å². The monoisotopic (exact) mass is 453 g/mol. The highest BCUT2D eigenvalue weighted by Gasteiger charge is 2.25. The minimum atomic E-state index is -0.0558. The Kier molecular flexibility index (Phi) is 9.72. The van der Waals surface area contributed by atoms with E-state index in [4.69, 9.17) is 9.47 Å². The first-order valence-electron chi connectivity index (χ1n) is 11.7. The third kappa shape index (κ3) is 8.86. The number of para-hydroxylation sites is 1. The van der Waals surface area contributed by atoms with Gasteiger partial charge in [0.2, 0.25) is 11.8 Å². The minimum absolute atomic E-state index is 0.0208. The molecule has 0 spiro atoms. The lowest BCUT2D eigenvalue weighted by molar-refractivity contribution is -0.126. The second kappa shape index (κ2) is 13.0. The number of rotatable bonds is 11. The van der Waals surface area contributed by atoms with Gasteiger partial charge in [-0.2, -0.15) is 0 Å². The predicted octanol–water partition coefficient (Wildman–Crippen LogP) is 4.06. The molecule has 0 saturated carbocycles. The largest absolute Gasteiger partial charge is 0.457 e. The number of ether oxygens (including phenoxy) is 2. The van der Waals surface area contributed by atoms with E-state index in [9.17, 15) is 9.59 Å². The molecule has 2 N–H and O–H groups in total. The second-order valence-electron chi connectivity index (χ2n) is 8.60. The van der Waals surface area contributed by atoms with Crippen LogP contribution in [0.5, 0.6) is 11.5 Å². The van der Waals surface area contributed by atoms with Crippen LogP contribution >= 0.6 is 0 Å². The van der Waals surface area contributed by atoms with Crippen molar-refractivity contribution in [1.29, 1.82) is 0 Å². The van der Waals surface area contributed by atoms with Gasteiger partial charge in [-0.05, 0) is 82.6 Å².